The van der Waals surface area contributed by atoms with E-state index in [9.17, 15) is 14.4 Å². The van der Waals surface area contributed by atoms with E-state index >= 15 is 0 Å². The standard InChI is InChI=1S/C28H22Cl4N4O5S3/c1-13(2)22(26(39)40-12-28(30,31)32)36-24(38)21(25(36)43-44-27-33-17-10-6-7-11-18(17)42-27)34-23(37)19-14(3)41-35-20(19)15-8-4-5-9-16(15)29/h4-11,21-22,25H,1,12H2,2-3H3,(H,34,37). The van der Waals surface area contributed by atoms with Crippen LogP contribution in [-0.2, 0) is 14.3 Å². The van der Waals surface area contributed by atoms with Gasteiger partial charge in [-0.05, 0) is 48.4 Å². The Kier molecular flexibility index (Phi) is 10.1. The van der Waals surface area contributed by atoms with Crippen molar-refractivity contribution >= 4 is 107 Å². The first-order chi connectivity index (χ1) is 20.9. The number of β-lactam (4-membered cyclic amide) rings is 1. The van der Waals surface area contributed by atoms with Crippen LogP contribution in [0.5, 0.6) is 0 Å². The average molecular weight is 733 g/mol. The van der Waals surface area contributed by atoms with Crippen molar-refractivity contribution in [1.82, 2.24) is 20.4 Å². The zero-order valence-corrected chi connectivity index (χ0v) is 28.4. The largest absolute Gasteiger partial charge is 0.459 e. The predicted octanol–water partition coefficient (Wildman–Crippen LogP) is 7.48. The number of nitrogens with zero attached hydrogens (tertiary/aromatic N) is 3. The molecule has 3 atom stereocenters. The van der Waals surface area contributed by atoms with Crippen molar-refractivity contribution in [3.8, 4) is 11.3 Å². The molecule has 1 aliphatic rings. The summed E-state index contributed by atoms with van der Waals surface area (Å²) in [6.45, 7) is 6.53. The second-order valence-corrected chi connectivity index (χ2v) is 16.1. The number of carbonyl (C=O) groups is 3. The van der Waals surface area contributed by atoms with E-state index < -0.39 is 45.6 Å². The molecule has 2 aromatic carbocycles. The number of halogens is 4. The second kappa shape index (κ2) is 13.5. The van der Waals surface area contributed by atoms with Crippen molar-refractivity contribution in [3.63, 3.8) is 0 Å². The van der Waals surface area contributed by atoms with E-state index in [1.807, 2.05) is 24.3 Å². The third-order valence-corrected chi connectivity index (χ3v) is 11.1. The SMILES string of the molecule is C=C(C)C(C(=O)OCC(Cl)(Cl)Cl)N1C(=O)C(NC(=O)c2c(-c3ccccc3Cl)noc2C)C1SSc1nc2ccccc2s1. The number of ether oxygens (including phenoxy) is 1. The molecule has 3 heterocycles. The van der Waals surface area contributed by atoms with E-state index in [1.54, 1.807) is 38.1 Å². The Bertz CT molecular complexity index is 1730. The van der Waals surface area contributed by atoms with Crippen LogP contribution < -0.4 is 5.32 Å². The molecule has 1 N–H and O–H groups in total. The van der Waals surface area contributed by atoms with Crippen molar-refractivity contribution in [1.29, 1.82) is 0 Å². The van der Waals surface area contributed by atoms with Gasteiger partial charge in [0.15, 0.2) is 10.4 Å². The molecule has 2 aromatic heterocycles. The van der Waals surface area contributed by atoms with Gasteiger partial charge in [-0.25, -0.2) is 9.78 Å². The zero-order valence-electron chi connectivity index (χ0n) is 22.9. The van der Waals surface area contributed by atoms with Gasteiger partial charge in [-0.15, -0.1) is 11.3 Å². The van der Waals surface area contributed by atoms with Crippen LogP contribution in [0.15, 0.2) is 69.5 Å². The number of para-hydroxylation sites is 1. The highest BCUT2D eigenvalue weighted by Crippen LogP contribution is 2.46. The van der Waals surface area contributed by atoms with Crippen LogP contribution in [0.1, 0.15) is 23.0 Å². The number of hydrogen-bond donors (Lipinski definition) is 1. The number of nitrogens with one attached hydrogen (secondary N) is 1. The van der Waals surface area contributed by atoms with Crippen LogP contribution in [0.25, 0.3) is 21.5 Å². The molecule has 5 rings (SSSR count). The smallest absolute Gasteiger partial charge is 0.333 e. The Balaban J connectivity index is 1.43. The number of fused-ring (bicyclic) bond motifs is 1. The van der Waals surface area contributed by atoms with Gasteiger partial charge in [-0.3, -0.25) is 9.59 Å². The zero-order chi connectivity index (χ0) is 31.8. The molecule has 0 saturated carbocycles. The normalized spacial score (nSPS) is 17.3. The molecule has 1 saturated heterocycles. The molecule has 4 aromatic rings. The maximum absolute atomic E-state index is 13.7. The van der Waals surface area contributed by atoms with E-state index in [0.717, 1.165) is 14.6 Å². The summed E-state index contributed by atoms with van der Waals surface area (Å²) in [6.07, 6.45) is 0. The van der Waals surface area contributed by atoms with Gasteiger partial charge >= 0.3 is 5.97 Å². The molecule has 0 aliphatic carbocycles. The Hall–Kier alpha value is -2.45. The maximum atomic E-state index is 13.7. The highest BCUT2D eigenvalue weighted by molar-refractivity contribution is 8.77. The number of esters is 1. The van der Waals surface area contributed by atoms with Gasteiger partial charge in [0.2, 0.25) is 9.70 Å². The van der Waals surface area contributed by atoms with Crippen molar-refractivity contribution in [2.24, 2.45) is 0 Å². The summed E-state index contributed by atoms with van der Waals surface area (Å²) >= 11 is 25.2. The highest BCUT2D eigenvalue weighted by atomic mass is 35.6. The van der Waals surface area contributed by atoms with Gasteiger partial charge in [0.1, 0.15) is 35.0 Å². The number of thiazole rings is 1. The van der Waals surface area contributed by atoms with Crippen LogP contribution in [0.4, 0.5) is 0 Å². The lowest BCUT2D eigenvalue weighted by atomic mass is 9.98. The molecule has 0 radical (unpaired) electrons. The van der Waals surface area contributed by atoms with Crippen molar-refractivity contribution in [3.05, 3.63) is 77.0 Å². The summed E-state index contributed by atoms with van der Waals surface area (Å²) in [5, 5.41) is 6.48. The second-order valence-electron chi connectivity index (χ2n) is 9.63. The quantitative estimate of drug-likeness (QED) is 0.0583. The number of rotatable bonds is 10. The fraction of sp³-hybridized carbons (Fsp3) is 0.250. The van der Waals surface area contributed by atoms with Gasteiger partial charge in [0, 0.05) is 5.56 Å². The number of amides is 2. The van der Waals surface area contributed by atoms with Gasteiger partial charge in [-0.1, -0.05) is 99.3 Å². The molecule has 230 valence electrons. The molecule has 1 aliphatic heterocycles. The lowest BCUT2D eigenvalue weighted by Gasteiger charge is -2.49. The molecular weight excluding hydrogens is 710 g/mol. The maximum Gasteiger partial charge on any atom is 0.333 e. The minimum absolute atomic E-state index is 0.130. The summed E-state index contributed by atoms with van der Waals surface area (Å²) in [7, 11) is 2.57. The first kappa shape index (κ1) is 32.9. The average Bonchev–Trinajstić information content (AvgIpc) is 3.57. The van der Waals surface area contributed by atoms with E-state index in [1.165, 1.54) is 37.8 Å². The Labute approximate surface area is 284 Å². The summed E-state index contributed by atoms with van der Waals surface area (Å²) in [5.41, 5.74) is 2.01. The third kappa shape index (κ3) is 7.01. The fourth-order valence-corrected chi connectivity index (χ4v) is 8.79. The third-order valence-electron chi connectivity index (χ3n) is 6.42. The molecule has 1 fully saturated rings. The van der Waals surface area contributed by atoms with Crippen LogP contribution in [0, 0.1) is 6.92 Å². The molecule has 0 spiro atoms. The number of likely N-dealkylation sites (tertiary alicyclic amines) is 1. The van der Waals surface area contributed by atoms with Gasteiger partial charge in [-0.2, -0.15) is 0 Å². The van der Waals surface area contributed by atoms with Gasteiger partial charge in [0.05, 0.1) is 15.2 Å². The molecule has 16 heteroatoms. The summed E-state index contributed by atoms with van der Waals surface area (Å²) in [5.74, 6) is -1.72. The molecule has 0 bridgehead atoms. The van der Waals surface area contributed by atoms with Gasteiger partial charge < -0.3 is 19.5 Å². The number of aryl methyl sites for hydroxylation is 1. The van der Waals surface area contributed by atoms with Crippen LogP contribution in [-0.4, -0.2) is 60.7 Å². The number of alkyl halides is 3. The van der Waals surface area contributed by atoms with E-state index in [4.69, 9.17) is 55.7 Å². The first-order valence-electron chi connectivity index (χ1n) is 12.8. The fourth-order valence-electron chi connectivity index (χ4n) is 4.45. The predicted molar refractivity (Wildman–Crippen MR) is 176 cm³/mol. The Morgan fingerprint density at radius 1 is 1.20 bits per heavy atom. The van der Waals surface area contributed by atoms with Crippen molar-refractivity contribution in [2.45, 2.75) is 39.4 Å². The molecular formula is C28H22Cl4N4O5S3. The number of benzene rings is 2. The number of carbonyl (C=O) groups excluding carboxylic acids is 3. The number of aromatic nitrogens is 2. The van der Waals surface area contributed by atoms with Crippen molar-refractivity contribution in [2.75, 3.05) is 6.61 Å². The van der Waals surface area contributed by atoms with Crippen LogP contribution >= 0.6 is 79.3 Å². The molecule has 44 heavy (non-hydrogen) atoms. The van der Waals surface area contributed by atoms with Crippen LogP contribution in [0.2, 0.25) is 5.02 Å². The minimum atomic E-state index is -1.85. The first-order valence-corrected chi connectivity index (χ1v) is 17.3. The summed E-state index contributed by atoms with van der Waals surface area (Å²) < 4.78 is 10.4. The lowest BCUT2D eigenvalue weighted by Crippen LogP contribution is -2.73. The van der Waals surface area contributed by atoms with E-state index in [0.29, 0.717) is 16.2 Å². The van der Waals surface area contributed by atoms with Crippen LogP contribution in [0.3, 0.4) is 0 Å². The highest BCUT2D eigenvalue weighted by Gasteiger charge is 2.54. The Morgan fingerprint density at radius 2 is 1.91 bits per heavy atom. The monoisotopic (exact) mass is 730 g/mol. The van der Waals surface area contributed by atoms with Crippen molar-refractivity contribution < 1.29 is 23.6 Å². The summed E-state index contributed by atoms with van der Waals surface area (Å²) in [6, 6.07) is 12.3. The Morgan fingerprint density at radius 3 is 2.59 bits per heavy atom. The van der Waals surface area contributed by atoms with E-state index in [2.05, 4.69) is 22.0 Å². The molecule has 2 amide bonds. The lowest BCUT2D eigenvalue weighted by molar-refractivity contribution is -0.161. The minimum Gasteiger partial charge on any atom is -0.459 e. The number of hydrogen-bond acceptors (Lipinski definition) is 10. The summed E-state index contributed by atoms with van der Waals surface area (Å²) in [4.78, 5) is 46.4. The van der Waals surface area contributed by atoms with Gasteiger partial charge in [0.25, 0.3) is 5.91 Å². The topological polar surface area (TPSA) is 115 Å². The molecule has 9 nitrogen and oxygen atoms in total. The molecule has 3 unspecified atom stereocenters. The van der Waals surface area contributed by atoms with E-state index in [-0.39, 0.29) is 17.0 Å².